The molecule has 0 radical (unpaired) electrons. The van der Waals surface area contributed by atoms with Crippen LogP contribution in [-0.4, -0.2) is 35.6 Å². The van der Waals surface area contributed by atoms with Gasteiger partial charge in [0.15, 0.2) is 0 Å². The summed E-state index contributed by atoms with van der Waals surface area (Å²) in [5, 5.41) is 3.31. The Morgan fingerprint density at radius 2 is 2.21 bits per heavy atom. The molecule has 2 unspecified atom stereocenters. The number of pyridine rings is 1. The van der Waals surface area contributed by atoms with E-state index in [1.807, 2.05) is 6.20 Å². The van der Waals surface area contributed by atoms with Crippen molar-refractivity contribution in [1.29, 1.82) is 0 Å². The smallest absolute Gasteiger partial charge is 0.136 e. The molecule has 1 fully saturated rings. The predicted molar refractivity (Wildman–Crippen MR) is 82.1 cm³/mol. The summed E-state index contributed by atoms with van der Waals surface area (Å²) in [7, 11) is 0. The molecule has 0 aliphatic carbocycles. The van der Waals surface area contributed by atoms with E-state index in [0.29, 0.717) is 6.04 Å². The molecule has 4 heteroatoms. The third kappa shape index (κ3) is 2.47. The number of alkyl halides is 1. The Balaban J connectivity index is 2.02. The van der Waals surface area contributed by atoms with Crippen molar-refractivity contribution in [2.45, 2.75) is 19.1 Å². The number of morpholine rings is 1. The lowest BCUT2D eigenvalue weighted by Crippen LogP contribution is -2.49. The minimum Gasteiger partial charge on any atom is -0.373 e. The molecule has 3 rings (SSSR count). The minimum atomic E-state index is 0.233. The highest BCUT2D eigenvalue weighted by molar-refractivity contribution is 9.09. The van der Waals surface area contributed by atoms with E-state index in [1.165, 1.54) is 10.8 Å². The highest BCUT2D eigenvalue weighted by Crippen LogP contribution is 2.28. The molecule has 2 heterocycles. The van der Waals surface area contributed by atoms with Gasteiger partial charge in [0, 0.05) is 23.5 Å². The summed E-state index contributed by atoms with van der Waals surface area (Å²) in [5.74, 6) is 1.07. The second-order valence-electron chi connectivity index (χ2n) is 4.97. The molecule has 0 amide bonds. The van der Waals surface area contributed by atoms with E-state index in [9.17, 15) is 0 Å². The van der Waals surface area contributed by atoms with Gasteiger partial charge in [-0.3, -0.25) is 0 Å². The Kier molecular flexibility index (Phi) is 3.71. The maximum Gasteiger partial charge on any atom is 0.136 e. The van der Waals surface area contributed by atoms with Crippen LogP contribution in [0.4, 0.5) is 5.82 Å². The number of anilines is 1. The summed E-state index contributed by atoms with van der Waals surface area (Å²) in [6.07, 6.45) is 2.13. The van der Waals surface area contributed by atoms with Crippen molar-refractivity contribution in [3.05, 3.63) is 36.5 Å². The predicted octanol–water partition coefficient (Wildman–Crippen LogP) is 3.22. The molecular formula is C15H17BrN2O. The number of hydrogen-bond acceptors (Lipinski definition) is 3. The average molecular weight is 321 g/mol. The molecule has 3 nitrogen and oxygen atoms in total. The second kappa shape index (κ2) is 5.47. The zero-order valence-electron chi connectivity index (χ0n) is 10.9. The zero-order chi connectivity index (χ0) is 13.2. The lowest BCUT2D eigenvalue weighted by atomic mass is 10.1. The fraction of sp³-hybridized carbons (Fsp3) is 0.400. The fourth-order valence-corrected chi connectivity index (χ4v) is 2.93. The van der Waals surface area contributed by atoms with Crippen LogP contribution in [-0.2, 0) is 4.74 Å². The molecule has 1 aliphatic rings. The lowest BCUT2D eigenvalue weighted by molar-refractivity contribution is 0.0378. The van der Waals surface area contributed by atoms with Gasteiger partial charge < -0.3 is 9.64 Å². The molecule has 19 heavy (non-hydrogen) atoms. The van der Waals surface area contributed by atoms with Crippen LogP contribution in [0.1, 0.15) is 6.92 Å². The van der Waals surface area contributed by atoms with Crippen molar-refractivity contribution in [2.75, 3.05) is 23.4 Å². The SMILES string of the molecule is CC1COC(CBr)CN1c1nccc2ccccc12. The summed E-state index contributed by atoms with van der Waals surface area (Å²) in [6.45, 7) is 3.82. The quantitative estimate of drug-likeness (QED) is 0.794. The first-order chi connectivity index (χ1) is 9.29. The Morgan fingerprint density at radius 1 is 1.37 bits per heavy atom. The number of aromatic nitrogens is 1. The number of hydrogen-bond donors (Lipinski definition) is 0. The fourth-order valence-electron chi connectivity index (χ4n) is 2.54. The third-order valence-corrected chi connectivity index (χ3v) is 4.32. The number of rotatable bonds is 2. The first-order valence-electron chi connectivity index (χ1n) is 6.57. The molecule has 0 saturated carbocycles. The first kappa shape index (κ1) is 12.9. The summed E-state index contributed by atoms with van der Waals surface area (Å²) < 4.78 is 5.79. The summed E-state index contributed by atoms with van der Waals surface area (Å²) in [5.41, 5.74) is 0. The van der Waals surface area contributed by atoms with Gasteiger partial charge in [0.2, 0.25) is 0 Å². The van der Waals surface area contributed by atoms with Crippen LogP contribution < -0.4 is 4.90 Å². The number of ether oxygens (including phenoxy) is 1. The van der Waals surface area contributed by atoms with Gasteiger partial charge in [-0.25, -0.2) is 4.98 Å². The van der Waals surface area contributed by atoms with Crippen LogP contribution in [0.5, 0.6) is 0 Å². The molecule has 0 N–H and O–H groups in total. The minimum absolute atomic E-state index is 0.233. The number of benzene rings is 1. The Labute approximate surface area is 121 Å². The topological polar surface area (TPSA) is 25.4 Å². The van der Waals surface area contributed by atoms with Crippen molar-refractivity contribution < 1.29 is 4.74 Å². The van der Waals surface area contributed by atoms with E-state index >= 15 is 0 Å². The highest BCUT2D eigenvalue weighted by atomic mass is 79.9. The third-order valence-electron chi connectivity index (χ3n) is 3.60. The van der Waals surface area contributed by atoms with E-state index in [-0.39, 0.29) is 6.10 Å². The molecule has 2 atom stereocenters. The van der Waals surface area contributed by atoms with E-state index < -0.39 is 0 Å². The summed E-state index contributed by atoms with van der Waals surface area (Å²) >= 11 is 3.51. The molecule has 1 aromatic carbocycles. The van der Waals surface area contributed by atoms with E-state index in [2.05, 4.69) is 63.1 Å². The van der Waals surface area contributed by atoms with Crippen LogP contribution >= 0.6 is 15.9 Å². The monoisotopic (exact) mass is 320 g/mol. The van der Waals surface area contributed by atoms with E-state index in [0.717, 1.165) is 24.3 Å². The molecule has 2 aromatic rings. The van der Waals surface area contributed by atoms with E-state index in [1.54, 1.807) is 0 Å². The largest absolute Gasteiger partial charge is 0.373 e. The molecule has 1 saturated heterocycles. The van der Waals surface area contributed by atoms with Crippen molar-refractivity contribution >= 4 is 32.5 Å². The van der Waals surface area contributed by atoms with Crippen LogP contribution in [0.25, 0.3) is 10.8 Å². The number of nitrogens with zero attached hydrogens (tertiary/aromatic N) is 2. The average Bonchev–Trinajstić information content (AvgIpc) is 2.47. The van der Waals surface area contributed by atoms with Crippen LogP contribution in [0.2, 0.25) is 0 Å². The zero-order valence-corrected chi connectivity index (χ0v) is 12.5. The van der Waals surface area contributed by atoms with Crippen LogP contribution in [0.15, 0.2) is 36.5 Å². The van der Waals surface area contributed by atoms with E-state index in [4.69, 9.17) is 4.74 Å². The normalized spacial score (nSPS) is 23.8. The highest BCUT2D eigenvalue weighted by Gasteiger charge is 2.27. The van der Waals surface area contributed by atoms with Gasteiger partial charge >= 0.3 is 0 Å². The molecular weight excluding hydrogens is 304 g/mol. The van der Waals surface area contributed by atoms with Gasteiger partial charge in [0.05, 0.1) is 18.8 Å². The van der Waals surface area contributed by atoms with Crippen molar-refractivity contribution in [3.8, 4) is 0 Å². The molecule has 100 valence electrons. The molecule has 1 aromatic heterocycles. The summed E-state index contributed by atoms with van der Waals surface area (Å²) in [4.78, 5) is 6.96. The van der Waals surface area contributed by atoms with Crippen LogP contribution in [0.3, 0.4) is 0 Å². The Morgan fingerprint density at radius 3 is 3.05 bits per heavy atom. The summed E-state index contributed by atoms with van der Waals surface area (Å²) in [6, 6.07) is 10.8. The number of halogens is 1. The van der Waals surface area contributed by atoms with Crippen LogP contribution in [0, 0.1) is 0 Å². The van der Waals surface area contributed by atoms with Gasteiger partial charge in [0.1, 0.15) is 5.82 Å². The Hall–Kier alpha value is -1.13. The van der Waals surface area contributed by atoms with Gasteiger partial charge in [-0.05, 0) is 18.4 Å². The van der Waals surface area contributed by atoms with Gasteiger partial charge in [-0.2, -0.15) is 0 Å². The molecule has 1 aliphatic heterocycles. The van der Waals surface area contributed by atoms with Gasteiger partial charge in [0.25, 0.3) is 0 Å². The first-order valence-corrected chi connectivity index (χ1v) is 7.69. The van der Waals surface area contributed by atoms with Crippen molar-refractivity contribution in [2.24, 2.45) is 0 Å². The van der Waals surface area contributed by atoms with Gasteiger partial charge in [-0.15, -0.1) is 0 Å². The van der Waals surface area contributed by atoms with Crippen molar-refractivity contribution in [1.82, 2.24) is 4.98 Å². The Bertz CT molecular complexity index is 570. The molecule has 0 bridgehead atoms. The number of fused-ring (bicyclic) bond motifs is 1. The van der Waals surface area contributed by atoms with Crippen molar-refractivity contribution in [3.63, 3.8) is 0 Å². The standard InChI is InChI=1S/C15H17BrN2O/c1-11-10-19-13(8-16)9-18(11)15-14-5-3-2-4-12(14)6-7-17-15/h2-7,11,13H,8-10H2,1H3. The van der Waals surface area contributed by atoms with Gasteiger partial charge in [-0.1, -0.05) is 40.2 Å². The maximum absolute atomic E-state index is 5.79. The molecule has 0 spiro atoms. The lowest BCUT2D eigenvalue weighted by Gasteiger charge is -2.38. The second-order valence-corrected chi connectivity index (χ2v) is 5.61. The maximum atomic E-state index is 5.79.